The molecule has 23 heavy (non-hydrogen) atoms. The molecular weight excluding hydrogens is 288 g/mol. The molecule has 0 aromatic rings. The maximum atomic E-state index is 12.7. The van der Waals surface area contributed by atoms with E-state index in [1.807, 2.05) is 6.92 Å². The van der Waals surface area contributed by atoms with Gasteiger partial charge in [0.1, 0.15) is 11.3 Å². The number of unbranched alkanes of at least 4 members (excludes halogenated alkanes) is 4. The fourth-order valence-electron chi connectivity index (χ4n) is 4.73. The van der Waals surface area contributed by atoms with Crippen LogP contribution in [0.5, 0.6) is 0 Å². The van der Waals surface area contributed by atoms with Crippen molar-refractivity contribution in [3.63, 3.8) is 0 Å². The van der Waals surface area contributed by atoms with E-state index in [0.717, 1.165) is 25.7 Å². The van der Waals surface area contributed by atoms with Crippen molar-refractivity contribution in [1.29, 1.82) is 0 Å². The molecule has 2 aliphatic heterocycles. The average Bonchev–Trinajstić information content (AvgIpc) is 2.55. The maximum absolute atomic E-state index is 12.7. The highest BCUT2D eigenvalue weighted by molar-refractivity contribution is 5.87. The van der Waals surface area contributed by atoms with Crippen LogP contribution in [-0.2, 0) is 9.53 Å². The van der Waals surface area contributed by atoms with Gasteiger partial charge < -0.3 is 15.4 Å². The summed E-state index contributed by atoms with van der Waals surface area (Å²) in [4.78, 5) is 12.7. The molecule has 0 aliphatic carbocycles. The lowest BCUT2D eigenvalue weighted by atomic mass is 9.77. The van der Waals surface area contributed by atoms with Crippen molar-refractivity contribution in [3.8, 4) is 0 Å². The third-order valence-electron chi connectivity index (χ3n) is 5.13. The predicted molar refractivity (Wildman–Crippen MR) is 94.3 cm³/mol. The zero-order chi connectivity index (χ0) is 17.4. The molecular formula is C19H36N2O2. The summed E-state index contributed by atoms with van der Waals surface area (Å²) in [5.74, 6) is 0.0708. The molecule has 2 rings (SSSR count). The second-order valence-electron chi connectivity index (χ2n) is 9.19. The van der Waals surface area contributed by atoms with Crippen LogP contribution in [0.3, 0.4) is 0 Å². The number of piperidine rings is 1. The maximum Gasteiger partial charge on any atom is 0.254 e. The summed E-state index contributed by atoms with van der Waals surface area (Å²) in [6, 6.07) is 0. The molecule has 1 amide bonds. The fraction of sp³-hybridized carbons (Fsp3) is 0.947. The van der Waals surface area contributed by atoms with Gasteiger partial charge in [-0.3, -0.25) is 4.79 Å². The monoisotopic (exact) mass is 324 g/mol. The van der Waals surface area contributed by atoms with Gasteiger partial charge >= 0.3 is 0 Å². The summed E-state index contributed by atoms with van der Waals surface area (Å²) in [6.45, 7) is 12.9. The van der Waals surface area contributed by atoms with Crippen LogP contribution in [0.15, 0.2) is 0 Å². The van der Waals surface area contributed by atoms with Gasteiger partial charge in [-0.15, -0.1) is 0 Å². The first-order valence-electron chi connectivity index (χ1n) is 9.34. The lowest BCUT2D eigenvalue weighted by Gasteiger charge is -2.51. The van der Waals surface area contributed by atoms with Gasteiger partial charge in [-0.2, -0.15) is 0 Å². The van der Waals surface area contributed by atoms with Crippen LogP contribution in [-0.4, -0.2) is 28.3 Å². The number of amides is 1. The van der Waals surface area contributed by atoms with Gasteiger partial charge in [0, 0.05) is 23.9 Å². The molecule has 0 aromatic heterocycles. The molecule has 0 saturated carbocycles. The number of carbonyl (C=O) groups is 1. The molecule has 1 unspecified atom stereocenters. The smallest absolute Gasteiger partial charge is 0.254 e. The normalized spacial score (nSPS) is 31.3. The number of ether oxygens (including phenoxy) is 1. The van der Waals surface area contributed by atoms with E-state index in [2.05, 4.69) is 45.3 Å². The molecule has 0 aromatic carbocycles. The average molecular weight is 325 g/mol. The van der Waals surface area contributed by atoms with Crippen molar-refractivity contribution in [3.05, 3.63) is 0 Å². The predicted octanol–water partition coefficient (Wildman–Crippen LogP) is 3.89. The number of hydrogen-bond acceptors (Lipinski definition) is 3. The minimum absolute atomic E-state index is 0.0542. The van der Waals surface area contributed by atoms with Gasteiger partial charge in [0.25, 0.3) is 5.91 Å². The topological polar surface area (TPSA) is 50.4 Å². The fourth-order valence-corrected chi connectivity index (χ4v) is 4.73. The summed E-state index contributed by atoms with van der Waals surface area (Å²) in [5.41, 5.74) is -1.30. The summed E-state index contributed by atoms with van der Waals surface area (Å²) >= 11 is 0. The Bertz CT molecular complexity index is 429. The Morgan fingerprint density at radius 1 is 0.957 bits per heavy atom. The molecule has 2 aliphatic rings. The molecule has 2 heterocycles. The largest absolute Gasteiger partial charge is 0.340 e. The summed E-state index contributed by atoms with van der Waals surface area (Å²) in [6.07, 6.45) is 8.45. The second-order valence-corrected chi connectivity index (χ2v) is 9.19. The quantitative estimate of drug-likeness (QED) is 0.729. The van der Waals surface area contributed by atoms with Crippen molar-refractivity contribution < 1.29 is 9.53 Å². The molecule has 2 fully saturated rings. The molecule has 1 atom stereocenters. The molecule has 2 N–H and O–H groups in total. The zero-order valence-electron chi connectivity index (χ0n) is 16.0. The SMILES string of the molecule is CCCCCCCC1(C)OC2(CC(C)(C)NC(C)(C)C2)NC1=O. The molecule has 4 nitrogen and oxygen atoms in total. The van der Waals surface area contributed by atoms with E-state index in [1.165, 1.54) is 25.7 Å². The van der Waals surface area contributed by atoms with Crippen molar-refractivity contribution >= 4 is 5.91 Å². The molecule has 2 saturated heterocycles. The van der Waals surface area contributed by atoms with E-state index in [9.17, 15) is 4.79 Å². The van der Waals surface area contributed by atoms with Crippen LogP contribution >= 0.6 is 0 Å². The highest BCUT2D eigenvalue weighted by Gasteiger charge is 2.58. The van der Waals surface area contributed by atoms with Gasteiger partial charge in [0.05, 0.1) is 0 Å². The van der Waals surface area contributed by atoms with Gasteiger partial charge in [-0.05, 0) is 41.0 Å². The van der Waals surface area contributed by atoms with Crippen LogP contribution in [0.25, 0.3) is 0 Å². The molecule has 1 spiro atoms. The van der Waals surface area contributed by atoms with E-state index in [-0.39, 0.29) is 17.0 Å². The minimum atomic E-state index is -0.671. The van der Waals surface area contributed by atoms with Crippen LogP contribution in [0.4, 0.5) is 0 Å². The number of rotatable bonds is 6. The molecule has 0 radical (unpaired) electrons. The van der Waals surface area contributed by atoms with Crippen molar-refractivity contribution in [2.75, 3.05) is 0 Å². The molecule has 134 valence electrons. The summed E-state index contributed by atoms with van der Waals surface area (Å²) < 4.78 is 6.47. The number of nitrogens with one attached hydrogen (secondary N) is 2. The van der Waals surface area contributed by atoms with Crippen LogP contribution in [0.2, 0.25) is 0 Å². The minimum Gasteiger partial charge on any atom is -0.340 e. The lowest BCUT2D eigenvalue weighted by Crippen LogP contribution is -2.66. The Kier molecular flexibility index (Phi) is 5.18. The highest BCUT2D eigenvalue weighted by atomic mass is 16.6. The lowest BCUT2D eigenvalue weighted by molar-refractivity contribution is -0.155. The van der Waals surface area contributed by atoms with E-state index in [1.54, 1.807) is 0 Å². The standard InChI is InChI=1S/C19H36N2O2/c1-7-8-9-10-11-12-18(6)15(22)20-19(23-18)13-16(2,3)21-17(4,5)14-19/h21H,7-14H2,1-6H3,(H,20,22). The Morgan fingerprint density at radius 2 is 1.52 bits per heavy atom. The highest BCUT2D eigenvalue weighted by Crippen LogP contribution is 2.43. The Balaban J connectivity index is 2.02. The Morgan fingerprint density at radius 3 is 2.09 bits per heavy atom. The molecule has 4 heteroatoms. The number of hydrogen-bond donors (Lipinski definition) is 2. The summed E-state index contributed by atoms with van der Waals surface area (Å²) in [7, 11) is 0. The van der Waals surface area contributed by atoms with Crippen molar-refractivity contribution in [1.82, 2.24) is 10.6 Å². The first kappa shape index (κ1) is 18.7. The Hall–Kier alpha value is -0.610. The van der Waals surface area contributed by atoms with Crippen LogP contribution < -0.4 is 10.6 Å². The Labute approximate surface area is 142 Å². The van der Waals surface area contributed by atoms with Gasteiger partial charge in [-0.1, -0.05) is 39.0 Å². The third-order valence-corrected chi connectivity index (χ3v) is 5.13. The van der Waals surface area contributed by atoms with E-state index < -0.39 is 11.3 Å². The molecule has 0 bridgehead atoms. The first-order chi connectivity index (χ1) is 10.5. The van der Waals surface area contributed by atoms with E-state index in [0.29, 0.717) is 0 Å². The summed E-state index contributed by atoms with van der Waals surface area (Å²) in [5, 5.41) is 6.88. The van der Waals surface area contributed by atoms with Crippen molar-refractivity contribution in [2.24, 2.45) is 0 Å². The number of carbonyl (C=O) groups excluding carboxylic acids is 1. The van der Waals surface area contributed by atoms with Gasteiger partial charge in [0.2, 0.25) is 0 Å². The van der Waals surface area contributed by atoms with Crippen molar-refractivity contribution in [2.45, 2.75) is 115 Å². The van der Waals surface area contributed by atoms with Crippen LogP contribution in [0, 0.1) is 0 Å². The van der Waals surface area contributed by atoms with Gasteiger partial charge in [0.15, 0.2) is 0 Å². The second kappa shape index (κ2) is 6.36. The van der Waals surface area contributed by atoms with E-state index in [4.69, 9.17) is 4.74 Å². The van der Waals surface area contributed by atoms with E-state index >= 15 is 0 Å². The van der Waals surface area contributed by atoms with Gasteiger partial charge in [-0.25, -0.2) is 0 Å². The zero-order valence-corrected chi connectivity index (χ0v) is 16.0. The third kappa shape index (κ3) is 4.48. The first-order valence-corrected chi connectivity index (χ1v) is 9.34. The van der Waals surface area contributed by atoms with Crippen LogP contribution in [0.1, 0.15) is 92.9 Å².